The number of hydrogen-bond acceptors (Lipinski definition) is 12. The van der Waals surface area contributed by atoms with Crippen molar-refractivity contribution in [3.05, 3.63) is 58.6 Å². The number of ether oxygens (including phenoxy) is 2. The number of carbonyl (C=O) groups is 3. The van der Waals surface area contributed by atoms with Gasteiger partial charge in [0.1, 0.15) is 24.1 Å². The molecule has 4 amide bonds. The van der Waals surface area contributed by atoms with E-state index < -0.39 is 18.2 Å². The van der Waals surface area contributed by atoms with Crippen molar-refractivity contribution in [2.24, 2.45) is 0 Å². The fourth-order valence-electron chi connectivity index (χ4n) is 6.71. The van der Waals surface area contributed by atoms with E-state index in [1.54, 1.807) is 24.1 Å². The molecule has 17 heteroatoms. The van der Waals surface area contributed by atoms with Crippen LogP contribution in [-0.2, 0) is 19.1 Å². The zero-order valence-electron chi connectivity index (χ0n) is 28.2. The Morgan fingerprint density at radius 2 is 1.88 bits per heavy atom. The summed E-state index contributed by atoms with van der Waals surface area (Å²) in [5, 5.41) is 16.2. The first kappa shape index (κ1) is 34.0. The van der Waals surface area contributed by atoms with Crippen LogP contribution in [0.15, 0.2) is 36.8 Å². The number of halogens is 1. The van der Waals surface area contributed by atoms with Crippen LogP contribution in [-0.4, -0.2) is 111 Å². The lowest BCUT2D eigenvalue weighted by Crippen LogP contribution is -2.47. The van der Waals surface area contributed by atoms with Gasteiger partial charge in [0.2, 0.25) is 5.91 Å². The number of H-pyrrole nitrogens is 1. The molecule has 2 saturated heterocycles. The summed E-state index contributed by atoms with van der Waals surface area (Å²) >= 11 is 6.32. The molecule has 3 aliphatic heterocycles. The number of aromatic amines is 1. The average molecular weight is 712 g/mol. The number of pyridine rings is 1. The molecular formula is C34H34ClN11O5. The number of benzene rings is 1. The highest BCUT2D eigenvalue weighted by molar-refractivity contribution is 6.33. The van der Waals surface area contributed by atoms with Crippen molar-refractivity contribution in [2.75, 3.05) is 60.7 Å². The van der Waals surface area contributed by atoms with E-state index >= 15 is 0 Å². The minimum atomic E-state index is -0.752. The Kier molecular flexibility index (Phi) is 9.34. The largest absolute Gasteiger partial charge is 0.377 e. The van der Waals surface area contributed by atoms with E-state index in [0.717, 1.165) is 16.2 Å². The summed E-state index contributed by atoms with van der Waals surface area (Å²) < 4.78 is 11.9. The number of hydrogen-bond donors (Lipinski definition) is 1. The number of nitriles is 1. The SMILES string of the molecule is CCN1C(=O)CN(CCOCCO[C@@H]2CCN3C(=O)N(c4ccc(C#N)c(Cl)c4C)C(=O)[C@H]23)c2ncc(-c3ccc(-c4ncn[nH]4)nc3C)nc21. The van der Waals surface area contributed by atoms with Crippen molar-refractivity contribution in [1.82, 2.24) is 35.0 Å². The second-order valence-electron chi connectivity index (χ2n) is 12.2. The second-order valence-corrected chi connectivity index (χ2v) is 12.6. The molecule has 2 fully saturated rings. The van der Waals surface area contributed by atoms with Crippen LogP contribution in [0, 0.1) is 25.2 Å². The quantitative estimate of drug-likeness (QED) is 0.177. The highest BCUT2D eigenvalue weighted by Gasteiger charge is 2.53. The number of likely N-dealkylation sites (N-methyl/N-ethyl adjacent to an activating group) is 1. The Balaban J connectivity index is 0.951. The summed E-state index contributed by atoms with van der Waals surface area (Å²) in [6, 6.07) is 7.63. The minimum absolute atomic E-state index is 0.0932. The molecule has 0 aliphatic carbocycles. The summed E-state index contributed by atoms with van der Waals surface area (Å²) in [5.41, 5.74) is 3.88. The van der Waals surface area contributed by atoms with E-state index in [9.17, 15) is 19.6 Å². The van der Waals surface area contributed by atoms with E-state index in [0.29, 0.717) is 72.8 Å². The zero-order chi connectivity index (χ0) is 35.8. The summed E-state index contributed by atoms with van der Waals surface area (Å²) in [4.78, 5) is 64.3. The van der Waals surface area contributed by atoms with Crippen molar-refractivity contribution < 1.29 is 23.9 Å². The van der Waals surface area contributed by atoms with Crippen molar-refractivity contribution in [1.29, 1.82) is 5.26 Å². The molecule has 1 aromatic carbocycles. The lowest BCUT2D eigenvalue weighted by molar-refractivity contribution is -0.123. The maximum Gasteiger partial charge on any atom is 0.332 e. The average Bonchev–Trinajstić information content (AvgIpc) is 3.87. The van der Waals surface area contributed by atoms with Crippen LogP contribution in [0.1, 0.15) is 30.2 Å². The fourth-order valence-corrected chi connectivity index (χ4v) is 6.92. The molecule has 262 valence electrons. The molecule has 51 heavy (non-hydrogen) atoms. The molecule has 0 spiro atoms. The number of amides is 4. The molecular weight excluding hydrogens is 678 g/mol. The maximum atomic E-state index is 13.5. The molecule has 0 bridgehead atoms. The van der Waals surface area contributed by atoms with E-state index in [1.807, 2.05) is 36.9 Å². The molecule has 3 aliphatic rings. The van der Waals surface area contributed by atoms with Crippen LogP contribution in [0.5, 0.6) is 0 Å². The van der Waals surface area contributed by atoms with Gasteiger partial charge in [-0.25, -0.2) is 29.6 Å². The van der Waals surface area contributed by atoms with Crippen LogP contribution < -0.4 is 14.7 Å². The van der Waals surface area contributed by atoms with Gasteiger partial charge < -0.3 is 19.3 Å². The van der Waals surface area contributed by atoms with Crippen LogP contribution in [0.2, 0.25) is 5.02 Å². The van der Waals surface area contributed by atoms with E-state index in [2.05, 4.69) is 20.2 Å². The number of carbonyl (C=O) groups excluding carboxylic acids is 3. The number of aryl methyl sites for hydroxylation is 1. The molecule has 0 unspecified atom stereocenters. The Bertz CT molecular complexity index is 2050. The van der Waals surface area contributed by atoms with Crippen LogP contribution in [0.4, 0.5) is 22.1 Å². The predicted molar refractivity (Wildman–Crippen MR) is 185 cm³/mol. The molecule has 4 aromatic rings. The number of aromatic nitrogens is 6. The zero-order valence-corrected chi connectivity index (χ0v) is 28.9. The third-order valence-corrected chi connectivity index (χ3v) is 9.78. The third kappa shape index (κ3) is 6.13. The van der Waals surface area contributed by atoms with E-state index in [-0.39, 0.29) is 42.2 Å². The standard InChI is InChI=1S/C34H34ClN11O5/c1-4-44-27(47)17-43(31-32(44)41-24(16-37-31)22-6-7-23(40-20(22)3)30-38-18-39-42-30)11-12-50-13-14-51-26-9-10-45-29(26)33(48)46(34(45)49)25-8-5-21(15-36)28(35)19(25)2/h5-8,16,18,26,29H,4,9-14,17H2,1-3H3,(H,38,39,42)/t26-,29+/m1/s1. The van der Waals surface area contributed by atoms with Gasteiger partial charge in [-0.05, 0) is 57.0 Å². The molecule has 2 atom stereocenters. The molecule has 1 N–H and O–H groups in total. The molecule has 6 heterocycles. The first-order valence-electron chi connectivity index (χ1n) is 16.5. The van der Waals surface area contributed by atoms with Gasteiger partial charge in [-0.3, -0.25) is 19.6 Å². The van der Waals surface area contributed by atoms with Gasteiger partial charge >= 0.3 is 6.03 Å². The number of urea groups is 1. The Morgan fingerprint density at radius 1 is 1.04 bits per heavy atom. The van der Waals surface area contributed by atoms with Gasteiger partial charge in [0.05, 0.1) is 60.6 Å². The van der Waals surface area contributed by atoms with Crippen molar-refractivity contribution >= 4 is 46.8 Å². The highest BCUT2D eigenvalue weighted by Crippen LogP contribution is 2.37. The number of fused-ring (bicyclic) bond motifs is 2. The van der Waals surface area contributed by atoms with Crippen LogP contribution in [0.3, 0.4) is 0 Å². The normalized spacial score (nSPS) is 18.5. The Hall–Kier alpha value is -5.50. The molecule has 7 rings (SSSR count). The number of rotatable bonds is 11. The fraction of sp³-hybridized carbons (Fsp3) is 0.382. The lowest BCUT2D eigenvalue weighted by atomic mass is 10.1. The van der Waals surface area contributed by atoms with Gasteiger partial charge in [0.15, 0.2) is 17.5 Å². The monoisotopic (exact) mass is 711 g/mol. The number of nitrogens with one attached hydrogen (secondary N) is 1. The third-order valence-electron chi connectivity index (χ3n) is 9.29. The van der Waals surface area contributed by atoms with Crippen LogP contribution in [0.25, 0.3) is 22.8 Å². The van der Waals surface area contributed by atoms with Gasteiger partial charge in [0.25, 0.3) is 5.91 Å². The molecule has 16 nitrogen and oxygen atoms in total. The highest BCUT2D eigenvalue weighted by atomic mass is 35.5. The number of nitrogens with zero attached hydrogens (tertiary/aromatic N) is 10. The van der Waals surface area contributed by atoms with E-state index in [4.69, 9.17) is 31.0 Å². The minimum Gasteiger partial charge on any atom is -0.377 e. The maximum absolute atomic E-state index is 13.5. The lowest BCUT2D eigenvalue weighted by Gasteiger charge is -2.35. The topological polar surface area (TPSA) is 187 Å². The summed E-state index contributed by atoms with van der Waals surface area (Å²) in [7, 11) is 0. The van der Waals surface area contributed by atoms with Gasteiger partial charge in [0, 0.05) is 30.9 Å². The Labute approximate surface area is 298 Å². The molecule has 0 radical (unpaired) electrons. The number of anilines is 3. The number of imide groups is 1. The Morgan fingerprint density at radius 3 is 2.63 bits per heavy atom. The first-order valence-corrected chi connectivity index (χ1v) is 16.9. The predicted octanol–water partition coefficient (Wildman–Crippen LogP) is 3.28. The van der Waals surface area contributed by atoms with Gasteiger partial charge in [-0.2, -0.15) is 10.4 Å². The van der Waals surface area contributed by atoms with E-state index in [1.165, 1.54) is 17.3 Å². The summed E-state index contributed by atoms with van der Waals surface area (Å²) in [6.45, 7) is 7.56. The van der Waals surface area contributed by atoms with Gasteiger partial charge in [-0.15, -0.1) is 0 Å². The van der Waals surface area contributed by atoms with Crippen molar-refractivity contribution in [2.45, 2.75) is 39.3 Å². The summed E-state index contributed by atoms with van der Waals surface area (Å²) in [6.07, 6.45) is 3.14. The summed E-state index contributed by atoms with van der Waals surface area (Å²) in [5.74, 6) is 1.14. The first-order chi connectivity index (χ1) is 24.7. The van der Waals surface area contributed by atoms with Crippen molar-refractivity contribution in [3.63, 3.8) is 0 Å². The smallest absolute Gasteiger partial charge is 0.332 e. The van der Waals surface area contributed by atoms with Gasteiger partial charge in [-0.1, -0.05) is 11.6 Å². The molecule has 3 aromatic heterocycles. The van der Waals surface area contributed by atoms with Crippen LogP contribution >= 0.6 is 11.6 Å². The van der Waals surface area contributed by atoms with Crippen molar-refractivity contribution in [3.8, 4) is 28.8 Å². The molecule has 0 saturated carbocycles. The second kappa shape index (κ2) is 14.0.